The monoisotopic (exact) mass is 359 g/mol. The van der Waals surface area contributed by atoms with Crippen LogP contribution >= 0.6 is 0 Å². The zero-order chi connectivity index (χ0) is 19.1. The van der Waals surface area contributed by atoms with Crippen LogP contribution in [-0.2, 0) is 10.3 Å². The molecule has 0 fully saturated rings. The second kappa shape index (κ2) is 6.55. The normalized spacial score (nSPS) is 16.7. The van der Waals surface area contributed by atoms with Gasteiger partial charge in [-0.1, -0.05) is 0 Å². The number of anilines is 1. The van der Waals surface area contributed by atoms with Crippen molar-refractivity contribution < 1.29 is 19.0 Å². The zero-order valence-corrected chi connectivity index (χ0v) is 16.0. The van der Waals surface area contributed by atoms with Gasteiger partial charge >= 0.3 is 0 Å². The van der Waals surface area contributed by atoms with Crippen LogP contribution in [0.25, 0.3) is 0 Å². The summed E-state index contributed by atoms with van der Waals surface area (Å²) in [6, 6.07) is 3.66. The summed E-state index contributed by atoms with van der Waals surface area (Å²) in [5, 5.41) is 7.48. The number of hydrogen-bond donors (Lipinski definition) is 1. The molecule has 0 radical (unpaired) electrons. The third-order valence-electron chi connectivity index (χ3n) is 4.57. The van der Waals surface area contributed by atoms with Gasteiger partial charge in [0.15, 0.2) is 11.5 Å². The van der Waals surface area contributed by atoms with Gasteiger partial charge in [0.05, 0.1) is 33.1 Å². The summed E-state index contributed by atoms with van der Waals surface area (Å²) >= 11 is 0. The summed E-state index contributed by atoms with van der Waals surface area (Å²) in [5.74, 6) is 2.33. The van der Waals surface area contributed by atoms with Gasteiger partial charge in [0, 0.05) is 29.5 Å². The minimum absolute atomic E-state index is 0.0506. The highest BCUT2D eigenvalue weighted by molar-refractivity contribution is 5.94. The summed E-state index contributed by atoms with van der Waals surface area (Å²) in [6.45, 7) is 6.15. The molecule has 0 unspecified atom stereocenters. The van der Waals surface area contributed by atoms with Crippen LogP contribution in [0.2, 0.25) is 0 Å². The third kappa shape index (κ3) is 2.98. The molecule has 1 N–H and O–H groups in total. The minimum atomic E-state index is -0.246. The first-order chi connectivity index (χ1) is 12.3. The molecule has 140 valence electrons. The lowest BCUT2D eigenvalue weighted by atomic mass is 9.86. The van der Waals surface area contributed by atoms with Crippen LogP contribution in [0.3, 0.4) is 0 Å². The Balaban J connectivity index is 2.17. The van der Waals surface area contributed by atoms with Gasteiger partial charge in [-0.2, -0.15) is 5.10 Å². The van der Waals surface area contributed by atoms with E-state index in [-0.39, 0.29) is 17.4 Å². The molecule has 7 nitrogen and oxygen atoms in total. The molecule has 1 aromatic carbocycles. The number of fused-ring (bicyclic) bond motifs is 1. The number of carbonyl (C=O) groups is 1. The summed E-state index contributed by atoms with van der Waals surface area (Å²) < 4.78 is 18.2. The Morgan fingerprint density at radius 2 is 1.65 bits per heavy atom. The lowest BCUT2D eigenvalue weighted by molar-refractivity contribution is -0.116. The summed E-state index contributed by atoms with van der Waals surface area (Å²) in [7, 11) is 4.77. The Morgan fingerprint density at radius 3 is 2.23 bits per heavy atom. The van der Waals surface area contributed by atoms with Gasteiger partial charge < -0.3 is 19.5 Å². The van der Waals surface area contributed by atoms with E-state index >= 15 is 0 Å². The van der Waals surface area contributed by atoms with Crippen LogP contribution in [0, 0.1) is 0 Å². The summed E-state index contributed by atoms with van der Waals surface area (Å²) in [4.78, 5) is 12.4. The Kier molecular flexibility index (Phi) is 4.56. The standard InChI is InChI=1S/C19H25N3O4/c1-19(2,3)22-18-13(10-20-22)11(8-17(23)21-18)12-7-15(25-5)16(26-6)9-14(12)24-4/h7,9-11H,8H2,1-6H3,(H,21,23)/t11-/m0/s1. The first-order valence-corrected chi connectivity index (χ1v) is 8.48. The van der Waals surface area contributed by atoms with Crippen molar-refractivity contribution in [1.82, 2.24) is 9.78 Å². The number of methoxy groups -OCH3 is 3. The molecular formula is C19H25N3O4. The van der Waals surface area contributed by atoms with E-state index < -0.39 is 0 Å². The fraction of sp³-hybridized carbons (Fsp3) is 0.474. The lowest BCUT2D eigenvalue weighted by Crippen LogP contribution is -2.30. The van der Waals surface area contributed by atoms with Crippen LogP contribution in [-0.4, -0.2) is 37.0 Å². The number of amides is 1. The lowest BCUT2D eigenvalue weighted by Gasteiger charge is -2.29. The number of nitrogens with zero attached hydrogens (tertiary/aromatic N) is 2. The smallest absolute Gasteiger partial charge is 0.226 e. The number of carbonyl (C=O) groups excluding carboxylic acids is 1. The van der Waals surface area contributed by atoms with E-state index in [2.05, 4.69) is 10.4 Å². The van der Waals surface area contributed by atoms with Gasteiger partial charge in [-0.3, -0.25) is 4.79 Å². The fourth-order valence-corrected chi connectivity index (χ4v) is 3.33. The van der Waals surface area contributed by atoms with Gasteiger partial charge in [0.25, 0.3) is 0 Å². The van der Waals surface area contributed by atoms with E-state index in [9.17, 15) is 4.79 Å². The molecule has 1 aromatic heterocycles. The molecule has 3 rings (SSSR count). The second-order valence-corrected chi connectivity index (χ2v) is 7.29. The van der Waals surface area contributed by atoms with Crippen molar-refractivity contribution in [3.63, 3.8) is 0 Å². The van der Waals surface area contributed by atoms with Crippen LogP contribution < -0.4 is 19.5 Å². The van der Waals surface area contributed by atoms with Crippen LogP contribution in [0.4, 0.5) is 5.82 Å². The fourth-order valence-electron chi connectivity index (χ4n) is 3.33. The number of rotatable bonds is 4. The maximum absolute atomic E-state index is 12.4. The highest BCUT2D eigenvalue weighted by atomic mass is 16.5. The third-order valence-corrected chi connectivity index (χ3v) is 4.57. The predicted octanol–water partition coefficient (Wildman–Crippen LogP) is 3.14. The molecule has 0 spiro atoms. The molecule has 7 heteroatoms. The SMILES string of the molecule is COc1cc(OC)c([C@@H]2CC(=O)Nc3c2cnn3C(C)(C)C)cc1OC. The van der Waals surface area contributed by atoms with E-state index in [0.29, 0.717) is 23.7 Å². The highest BCUT2D eigenvalue weighted by Crippen LogP contribution is 2.45. The maximum Gasteiger partial charge on any atom is 0.226 e. The average Bonchev–Trinajstić information content (AvgIpc) is 3.03. The van der Waals surface area contributed by atoms with E-state index in [0.717, 1.165) is 16.9 Å². The van der Waals surface area contributed by atoms with Crippen molar-refractivity contribution in [3.05, 3.63) is 29.5 Å². The van der Waals surface area contributed by atoms with E-state index in [4.69, 9.17) is 14.2 Å². The van der Waals surface area contributed by atoms with Gasteiger partial charge in [0.2, 0.25) is 5.91 Å². The van der Waals surface area contributed by atoms with Crippen LogP contribution in [0.1, 0.15) is 44.2 Å². The van der Waals surface area contributed by atoms with E-state index in [1.807, 2.05) is 37.7 Å². The number of benzene rings is 1. The highest BCUT2D eigenvalue weighted by Gasteiger charge is 2.34. The van der Waals surface area contributed by atoms with Crippen molar-refractivity contribution in [3.8, 4) is 17.2 Å². The van der Waals surface area contributed by atoms with Gasteiger partial charge in [-0.05, 0) is 26.8 Å². The molecule has 1 amide bonds. The van der Waals surface area contributed by atoms with Crippen LogP contribution in [0.5, 0.6) is 17.2 Å². The number of nitrogens with one attached hydrogen (secondary N) is 1. The maximum atomic E-state index is 12.4. The van der Waals surface area contributed by atoms with Gasteiger partial charge in [0.1, 0.15) is 11.6 Å². The number of ether oxygens (including phenoxy) is 3. The molecule has 1 atom stereocenters. The molecular weight excluding hydrogens is 334 g/mol. The Bertz CT molecular complexity index is 836. The number of aromatic nitrogens is 2. The van der Waals surface area contributed by atoms with Crippen molar-refractivity contribution in [2.45, 2.75) is 38.6 Å². The topological polar surface area (TPSA) is 74.6 Å². The Labute approximate surface area is 153 Å². The molecule has 0 aliphatic carbocycles. The Morgan fingerprint density at radius 1 is 1.04 bits per heavy atom. The Hall–Kier alpha value is -2.70. The first kappa shape index (κ1) is 18.1. The molecule has 0 saturated carbocycles. The average molecular weight is 359 g/mol. The van der Waals surface area contributed by atoms with Crippen molar-refractivity contribution in [1.29, 1.82) is 0 Å². The van der Waals surface area contributed by atoms with Crippen molar-refractivity contribution >= 4 is 11.7 Å². The zero-order valence-electron chi connectivity index (χ0n) is 16.0. The second-order valence-electron chi connectivity index (χ2n) is 7.29. The minimum Gasteiger partial charge on any atom is -0.496 e. The number of hydrogen-bond acceptors (Lipinski definition) is 5. The van der Waals surface area contributed by atoms with Gasteiger partial charge in [-0.25, -0.2) is 4.68 Å². The van der Waals surface area contributed by atoms with Crippen molar-refractivity contribution in [2.75, 3.05) is 26.6 Å². The van der Waals surface area contributed by atoms with Gasteiger partial charge in [-0.15, -0.1) is 0 Å². The molecule has 2 aromatic rings. The summed E-state index contributed by atoms with van der Waals surface area (Å²) in [6.07, 6.45) is 2.13. The molecule has 1 aliphatic rings. The van der Waals surface area contributed by atoms with Crippen LogP contribution in [0.15, 0.2) is 18.3 Å². The quantitative estimate of drug-likeness (QED) is 0.908. The molecule has 26 heavy (non-hydrogen) atoms. The molecule has 1 aliphatic heterocycles. The largest absolute Gasteiger partial charge is 0.496 e. The van der Waals surface area contributed by atoms with E-state index in [1.54, 1.807) is 27.4 Å². The summed E-state index contributed by atoms with van der Waals surface area (Å²) in [5.41, 5.74) is 1.59. The molecule has 0 bridgehead atoms. The predicted molar refractivity (Wildman–Crippen MR) is 98.4 cm³/mol. The first-order valence-electron chi connectivity index (χ1n) is 8.48. The molecule has 0 saturated heterocycles. The van der Waals surface area contributed by atoms with E-state index in [1.165, 1.54) is 0 Å². The van der Waals surface area contributed by atoms with Crippen molar-refractivity contribution in [2.24, 2.45) is 0 Å². The molecule has 2 heterocycles.